The third-order valence-corrected chi connectivity index (χ3v) is 4.48. The van der Waals surface area contributed by atoms with Crippen LogP contribution in [-0.4, -0.2) is 22.3 Å². The van der Waals surface area contributed by atoms with Crippen LogP contribution in [0.3, 0.4) is 0 Å². The van der Waals surface area contributed by atoms with Gasteiger partial charge in [-0.05, 0) is 49.6 Å². The third kappa shape index (κ3) is 4.41. The van der Waals surface area contributed by atoms with Crippen molar-refractivity contribution in [1.82, 2.24) is 5.32 Å². The quantitative estimate of drug-likeness (QED) is 0.894. The fourth-order valence-electron chi connectivity index (χ4n) is 1.74. The van der Waals surface area contributed by atoms with Gasteiger partial charge in [-0.1, -0.05) is 11.6 Å². The number of hydrogen-bond donors (Lipinski definition) is 1. The molecular formula is C13H20ClNOS. The minimum Gasteiger partial charge on any atom is -0.311 e. The number of benzene rings is 1. The summed E-state index contributed by atoms with van der Waals surface area (Å²) in [4.78, 5) is 0. The average molecular weight is 274 g/mol. The van der Waals surface area contributed by atoms with Crippen LogP contribution in [0.15, 0.2) is 12.1 Å². The Morgan fingerprint density at radius 2 is 1.88 bits per heavy atom. The molecule has 0 aliphatic heterocycles. The smallest absolute Gasteiger partial charge is 0.0441 e. The SMILES string of the molecule is Cc1cc(Cl)cc(C)c1CNC[C@H](C)[S@](C)=O. The Balaban J connectivity index is 2.61. The second-order valence-electron chi connectivity index (χ2n) is 4.46. The van der Waals surface area contributed by atoms with Crippen molar-refractivity contribution in [3.63, 3.8) is 0 Å². The Labute approximate surface area is 111 Å². The standard InChI is InChI=1S/C13H20ClNOS/c1-9-5-12(14)6-10(2)13(9)8-15-7-11(3)17(4)16/h5-6,11,15H,7-8H2,1-4H3/t11-,17-/m0/s1. The summed E-state index contributed by atoms with van der Waals surface area (Å²) < 4.78 is 11.2. The molecule has 0 fully saturated rings. The van der Waals surface area contributed by atoms with E-state index in [1.807, 2.05) is 19.1 Å². The van der Waals surface area contributed by atoms with E-state index in [1.54, 1.807) is 6.26 Å². The van der Waals surface area contributed by atoms with Crippen molar-refractivity contribution in [3.8, 4) is 0 Å². The van der Waals surface area contributed by atoms with Gasteiger partial charge in [0.05, 0.1) is 0 Å². The van der Waals surface area contributed by atoms with Crippen LogP contribution in [-0.2, 0) is 17.3 Å². The van der Waals surface area contributed by atoms with E-state index in [9.17, 15) is 4.21 Å². The number of halogens is 1. The lowest BCUT2D eigenvalue weighted by molar-refractivity contribution is 0.645. The summed E-state index contributed by atoms with van der Waals surface area (Å²) in [6.45, 7) is 7.69. The summed E-state index contributed by atoms with van der Waals surface area (Å²) in [7, 11) is -0.766. The molecule has 0 heterocycles. The zero-order chi connectivity index (χ0) is 13.0. The van der Waals surface area contributed by atoms with Crippen molar-refractivity contribution in [2.24, 2.45) is 0 Å². The minimum absolute atomic E-state index is 0.183. The van der Waals surface area contributed by atoms with Crippen LogP contribution in [0.25, 0.3) is 0 Å². The first-order valence-electron chi connectivity index (χ1n) is 5.70. The molecule has 0 bridgehead atoms. The van der Waals surface area contributed by atoms with E-state index < -0.39 is 10.8 Å². The van der Waals surface area contributed by atoms with E-state index in [0.29, 0.717) is 0 Å². The molecule has 1 N–H and O–H groups in total. The van der Waals surface area contributed by atoms with Gasteiger partial charge in [-0.2, -0.15) is 0 Å². The number of rotatable bonds is 5. The molecule has 0 aromatic heterocycles. The van der Waals surface area contributed by atoms with Gasteiger partial charge in [0.2, 0.25) is 0 Å². The van der Waals surface area contributed by atoms with E-state index in [4.69, 9.17) is 11.6 Å². The highest BCUT2D eigenvalue weighted by Crippen LogP contribution is 2.19. The van der Waals surface area contributed by atoms with Crippen LogP contribution < -0.4 is 5.32 Å². The number of hydrogen-bond acceptors (Lipinski definition) is 2. The van der Waals surface area contributed by atoms with Crippen molar-refractivity contribution in [2.45, 2.75) is 32.6 Å². The molecule has 0 amide bonds. The van der Waals surface area contributed by atoms with E-state index in [2.05, 4.69) is 19.2 Å². The highest BCUT2D eigenvalue weighted by Gasteiger charge is 2.07. The molecule has 0 unspecified atom stereocenters. The Morgan fingerprint density at radius 1 is 1.35 bits per heavy atom. The van der Waals surface area contributed by atoms with Gasteiger partial charge in [-0.25, -0.2) is 0 Å². The van der Waals surface area contributed by atoms with Crippen molar-refractivity contribution < 1.29 is 4.21 Å². The van der Waals surface area contributed by atoms with Gasteiger partial charge in [0.15, 0.2) is 0 Å². The molecule has 96 valence electrons. The first-order valence-corrected chi connectivity index (χ1v) is 7.70. The van der Waals surface area contributed by atoms with Crippen LogP contribution in [0.2, 0.25) is 5.02 Å². The van der Waals surface area contributed by atoms with Crippen molar-refractivity contribution in [3.05, 3.63) is 33.8 Å². The Morgan fingerprint density at radius 3 is 2.35 bits per heavy atom. The van der Waals surface area contributed by atoms with Gasteiger partial charge in [0.1, 0.15) is 0 Å². The zero-order valence-corrected chi connectivity index (χ0v) is 12.4. The van der Waals surface area contributed by atoms with Crippen molar-refractivity contribution in [1.29, 1.82) is 0 Å². The second-order valence-corrected chi connectivity index (χ2v) is 6.70. The van der Waals surface area contributed by atoms with Crippen molar-refractivity contribution >= 4 is 22.4 Å². The maximum Gasteiger partial charge on any atom is 0.0441 e. The molecule has 0 aliphatic rings. The monoisotopic (exact) mass is 273 g/mol. The lowest BCUT2D eigenvalue weighted by Crippen LogP contribution is -2.27. The molecule has 0 aliphatic carbocycles. The molecule has 2 atom stereocenters. The van der Waals surface area contributed by atoms with Gasteiger partial charge in [0.25, 0.3) is 0 Å². The summed E-state index contributed by atoms with van der Waals surface area (Å²) >= 11 is 5.99. The molecule has 1 aromatic carbocycles. The zero-order valence-electron chi connectivity index (χ0n) is 10.8. The Bertz CT molecular complexity index is 397. The van der Waals surface area contributed by atoms with Crippen LogP contribution in [0.5, 0.6) is 0 Å². The second kappa shape index (κ2) is 6.53. The normalized spacial score (nSPS) is 14.6. The van der Waals surface area contributed by atoms with Gasteiger partial charge in [-0.15, -0.1) is 0 Å². The molecule has 17 heavy (non-hydrogen) atoms. The van der Waals surface area contributed by atoms with Gasteiger partial charge < -0.3 is 5.32 Å². The fourth-order valence-corrected chi connectivity index (χ4v) is 2.42. The Kier molecular flexibility index (Phi) is 5.63. The largest absolute Gasteiger partial charge is 0.311 e. The van der Waals surface area contributed by atoms with Crippen LogP contribution >= 0.6 is 11.6 Å². The maximum atomic E-state index is 11.2. The van der Waals surface area contributed by atoms with E-state index in [0.717, 1.165) is 18.1 Å². The first-order chi connectivity index (χ1) is 7.91. The molecule has 1 rings (SSSR count). The lowest BCUT2D eigenvalue weighted by Gasteiger charge is -2.14. The summed E-state index contributed by atoms with van der Waals surface area (Å²) in [6.07, 6.45) is 1.74. The van der Waals surface area contributed by atoms with Gasteiger partial charge >= 0.3 is 0 Å². The van der Waals surface area contributed by atoms with Crippen LogP contribution in [0, 0.1) is 13.8 Å². The number of nitrogens with one attached hydrogen (secondary N) is 1. The molecule has 1 aromatic rings. The third-order valence-electron chi connectivity index (χ3n) is 2.96. The van der Waals surface area contributed by atoms with Crippen LogP contribution in [0.4, 0.5) is 0 Å². The highest BCUT2D eigenvalue weighted by molar-refractivity contribution is 7.84. The van der Waals surface area contributed by atoms with E-state index in [1.165, 1.54) is 16.7 Å². The summed E-state index contributed by atoms with van der Waals surface area (Å²) in [5.74, 6) is 0. The molecule has 4 heteroatoms. The molecule has 2 nitrogen and oxygen atoms in total. The minimum atomic E-state index is -0.766. The molecule has 0 spiro atoms. The van der Waals surface area contributed by atoms with E-state index >= 15 is 0 Å². The molecule has 0 saturated heterocycles. The molecular weight excluding hydrogens is 254 g/mol. The predicted octanol–water partition coefficient (Wildman–Crippen LogP) is 2.81. The summed E-state index contributed by atoms with van der Waals surface area (Å²) in [5, 5.41) is 4.32. The summed E-state index contributed by atoms with van der Waals surface area (Å²) in [5.41, 5.74) is 3.68. The molecule has 0 saturated carbocycles. The van der Waals surface area contributed by atoms with Gasteiger partial charge in [-0.3, -0.25) is 4.21 Å². The van der Waals surface area contributed by atoms with E-state index in [-0.39, 0.29) is 5.25 Å². The maximum absolute atomic E-state index is 11.2. The highest BCUT2D eigenvalue weighted by atomic mass is 35.5. The average Bonchev–Trinajstić information content (AvgIpc) is 2.21. The first kappa shape index (κ1) is 14.7. The topological polar surface area (TPSA) is 29.1 Å². The fraction of sp³-hybridized carbons (Fsp3) is 0.538. The van der Waals surface area contributed by atoms with Crippen molar-refractivity contribution in [2.75, 3.05) is 12.8 Å². The van der Waals surface area contributed by atoms with Crippen LogP contribution in [0.1, 0.15) is 23.6 Å². The number of aryl methyl sites for hydroxylation is 2. The molecule has 0 radical (unpaired) electrons. The lowest BCUT2D eigenvalue weighted by atomic mass is 10.0. The Hall–Kier alpha value is -0.380. The summed E-state index contributed by atoms with van der Waals surface area (Å²) in [6, 6.07) is 3.96. The van der Waals surface area contributed by atoms with Gasteiger partial charge in [0, 0.05) is 40.4 Å². The predicted molar refractivity (Wildman–Crippen MR) is 76.2 cm³/mol.